The third kappa shape index (κ3) is 3.04. The van der Waals surface area contributed by atoms with Gasteiger partial charge in [-0.15, -0.1) is 0 Å². The van der Waals surface area contributed by atoms with E-state index >= 15 is 0 Å². The first-order chi connectivity index (χ1) is 5.93. The van der Waals surface area contributed by atoms with Crippen molar-refractivity contribution in [1.82, 2.24) is 0 Å². The summed E-state index contributed by atoms with van der Waals surface area (Å²) in [6, 6.07) is 0. The van der Waals surface area contributed by atoms with E-state index in [-0.39, 0.29) is 11.2 Å². The van der Waals surface area contributed by atoms with Crippen molar-refractivity contribution < 1.29 is 15.2 Å². The Kier molecular flexibility index (Phi) is 2.58. The van der Waals surface area contributed by atoms with E-state index in [2.05, 4.69) is 4.99 Å². The first kappa shape index (κ1) is 10.0. The fourth-order valence-electron chi connectivity index (χ4n) is 0.951. The third-order valence-electron chi connectivity index (χ3n) is 2.07. The summed E-state index contributed by atoms with van der Waals surface area (Å²) in [6.07, 6.45) is 1.83. The number of nitrogens with two attached hydrogens (primary N) is 2. The highest BCUT2D eigenvalue weighted by molar-refractivity contribution is 5.87. The SMILES string of the molecule is CC1([NH+]=C(N)C=C(N)C(O)O)CC1. The van der Waals surface area contributed by atoms with Gasteiger partial charge in [-0.1, -0.05) is 0 Å². The van der Waals surface area contributed by atoms with Gasteiger partial charge in [0.25, 0.3) is 5.84 Å². The Hall–Kier alpha value is -1.07. The molecule has 1 fully saturated rings. The topological polar surface area (TPSA) is 106 Å². The van der Waals surface area contributed by atoms with Crippen LogP contribution in [0.25, 0.3) is 0 Å². The lowest BCUT2D eigenvalue weighted by molar-refractivity contribution is -0.515. The number of amidine groups is 1. The van der Waals surface area contributed by atoms with Crippen LogP contribution in [0.2, 0.25) is 0 Å². The van der Waals surface area contributed by atoms with Crippen molar-refractivity contribution in [2.45, 2.75) is 31.6 Å². The fourth-order valence-corrected chi connectivity index (χ4v) is 0.951. The number of hydrogen-bond acceptors (Lipinski definition) is 3. The molecule has 5 heteroatoms. The van der Waals surface area contributed by atoms with Crippen molar-refractivity contribution in [3.8, 4) is 0 Å². The maximum Gasteiger partial charge on any atom is 0.267 e. The van der Waals surface area contributed by atoms with E-state index in [9.17, 15) is 0 Å². The highest BCUT2D eigenvalue weighted by atomic mass is 16.5. The van der Waals surface area contributed by atoms with Crippen LogP contribution in [0.4, 0.5) is 0 Å². The predicted molar refractivity (Wildman–Crippen MR) is 48.3 cm³/mol. The van der Waals surface area contributed by atoms with E-state index in [1.54, 1.807) is 0 Å². The van der Waals surface area contributed by atoms with Crippen LogP contribution in [0.3, 0.4) is 0 Å². The van der Waals surface area contributed by atoms with Gasteiger partial charge in [-0.05, 0) is 19.8 Å². The van der Waals surface area contributed by atoms with Crippen molar-refractivity contribution in [3.05, 3.63) is 11.8 Å². The molecule has 0 aliphatic heterocycles. The van der Waals surface area contributed by atoms with Gasteiger partial charge in [0, 0.05) is 0 Å². The first-order valence-electron chi connectivity index (χ1n) is 4.17. The van der Waals surface area contributed by atoms with Gasteiger partial charge in [-0.3, -0.25) is 10.7 Å². The molecule has 0 aromatic heterocycles. The molecule has 1 rings (SSSR count). The molecule has 13 heavy (non-hydrogen) atoms. The maximum atomic E-state index is 8.65. The van der Waals surface area contributed by atoms with Gasteiger partial charge in [-0.25, -0.2) is 0 Å². The van der Waals surface area contributed by atoms with Crippen LogP contribution in [-0.4, -0.2) is 27.9 Å². The predicted octanol–water partition coefficient (Wildman–Crippen LogP) is -2.87. The van der Waals surface area contributed by atoms with Crippen molar-refractivity contribution in [3.63, 3.8) is 0 Å². The second-order valence-corrected chi connectivity index (χ2v) is 3.66. The van der Waals surface area contributed by atoms with Gasteiger partial charge >= 0.3 is 0 Å². The zero-order valence-electron chi connectivity index (χ0n) is 7.62. The van der Waals surface area contributed by atoms with Crippen LogP contribution in [-0.2, 0) is 0 Å². The molecule has 0 radical (unpaired) electrons. The normalized spacial score (nSPS) is 22.2. The van der Waals surface area contributed by atoms with Crippen molar-refractivity contribution in [2.75, 3.05) is 0 Å². The maximum absolute atomic E-state index is 8.65. The van der Waals surface area contributed by atoms with Crippen molar-refractivity contribution in [2.24, 2.45) is 11.5 Å². The molecule has 0 heterocycles. The molecule has 0 unspecified atom stereocenters. The van der Waals surface area contributed by atoms with E-state index in [1.165, 1.54) is 6.08 Å². The lowest BCUT2D eigenvalue weighted by Gasteiger charge is -2.02. The van der Waals surface area contributed by atoms with Gasteiger partial charge in [0.1, 0.15) is 5.54 Å². The Balaban J connectivity index is 2.62. The summed E-state index contributed by atoms with van der Waals surface area (Å²) in [5.74, 6) is 0.366. The molecular formula is C8H16N3O2+. The molecule has 1 saturated carbocycles. The third-order valence-corrected chi connectivity index (χ3v) is 2.07. The van der Waals surface area contributed by atoms with E-state index in [0.29, 0.717) is 5.84 Å². The Morgan fingerprint density at radius 2 is 2.00 bits per heavy atom. The number of rotatable bonds is 3. The minimum atomic E-state index is -1.65. The standard InChI is InChI=1S/C8H15N3O2/c1-8(2-3-8)11-6(10)4-5(9)7(12)13/h4,7,12-13H,2-3,9H2,1H3,(H2,10,11)/p+1. The minimum Gasteiger partial charge on any atom is -0.398 e. The van der Waals surface area contributed by atoms with Gasteiger partial charge in [0.05, 0.1) is 11.8 Å². The van der Waals surface area contributed by atoms with E-state index in [4.69, 9.17) is 21.7 Å². The summed E-state index contributed by atoms with van der Waals surface area (Å²) < 4.78 is 0. The van der Waals surface area contributed by atoms with Gasteiger partial charge < -0.3 is 15.9 Å². The number of nitrogens with one attached hydrogen (secondary N) is 1. The molecule has 0 aromatic rings. The quantitative estimate of drug-likeness (QED) is 0.185. The van der Waals surface area contributed by atoms with Crippen LogP contribution in [0, 0.1) is 0 Å². The molecule has 0 spiro atoms. The molecule has 0 amide bonds. The number of aliphatic hydroxyl groups is 2. The Labute approximate surface area is 76.8 Å². The summed E-state index contributed by atoms with van der Waals surface area (Å²) in [7, 11) is 0. The molecule has 0 saturated heterocycles. The zero-order chi connectivity index (χ0) is 10.1. The average molecular weight is 186 g/mol. The van der Waals surface area contributed by atoms with Crippen LogP contribution < -0.4 is 16.5 Å². The Morgan fingerprint density at radius 3 is 2.38 bits per heavy atom. The molecule has 0 bridgehead atoms. The smallest absolute Gasteiger partial charge is 0.267 e. The summed E-state index contributed by atoms with van der Waals surface area (Å²) in [6.45, 7) is 2.04. The zero-order valence-corrected chi connectivity index (χ0v) is 7.62. The summed E-state index contributed by atoms with van der Waals surface area (Å²) in [4.78, 5) is 3.03. The number of aliphatic hydroxyl groups excluding tert-OH is 1. The second kappa shape index (κ2) is 3.35. The average Bonchev–Trinajstić information content (AvgIpc) is 2.66. The highest BCUT2D eigenvalue weighted by Gasteiger charge is 2.39. The van der Waals surface area contributed by atoms with Gasteiger partial charge in [0.2, 0.25) is 0 Å². The van der Waals surface area contributed by atoms with E-state index in [0.717, 1.165) is 12.8 Å². The van der Waals surface area contributed by atoms with Crippen LogP contribution >= 0.6 is 0 Å². The minimum absolute atomic E-state index is 0.0609. The molecule has 74 valence electrons. The summed E-state index contributed by atoms with van der Waals surface area (Å²) >= 11 is 0. The molecule has 7 N–H and O–H groups in total. The highest BCUT2D eigenvalue weighted by Crippen LogP contribution is 2.28. The van der Waals surface area contributed by atoms with Crippen molar-refractivity contribution in [1.29, 1.82) is 0 Å². The Morgan fingerprint density at radius 1 is 1.46 bits per heavy atom. The largest absolute Gasteiger partial charge is 0.398 e. The van der Waals surface area contributed by atoms with E-state index < -0.39 is 6.29 Å². The monoisotopic (exact) mass is 186 g/mol. The first-order valence-corrected chi connectivity index (χ1v) is 4.17. The van der Waals surface area contributed by atoms with Crippen LogP contribution in [0.15, 0.2) is 11.8 Å². The lowest BCUT2D eigenvalue weighted by Crippen LogP contribution is -2.82. The molecule has 0 atom stereocenters. The number of hydrogen-bond donors (Lipinski definition) is 5. The van der Waals surface area contributed by atoms with Crippen LogP contribution in [0.5, 0.6) is 0 Å². The molecule has 1 aliphatic rings. The van der Waals surface area contributed by atoms with E-state index in [1.807, 2.05) is 6.92 Å². The molecular weight excluding hydrogens is 170 g/mol. The molecule has 1 aliphatic carbocycles. The Bertz CT molecular complexity index is 254. The fraction of sp³-hybridized carbons (Fsp3) is 0.625. The molecule has 5 nitrogen and oxygen atoms in total. The summed E-state index contributed by atoms with van der Waals surface area (Å²) in [5.41, 5.74) is 10.9. The summed E-state index contributed by atoms with van der Waals surface area (Å²) in [5, 5.41) is 17.3. The lowest BCUT2D eigenvalue weighted by atomic mass is 10.3. The van der Waals surface area contributed by atoms with Crippen molar-refractivity contribution >= 4 is 5.84 Å². The molecule has 0 aromatic carbocycles. The van der Waals surface area contributed by atoms with Gasteiger partial charge in [0.15, 0.2) is 6.29 Å². The second-order valence-electron chi connectivity index (χ2n) is 3.66. The van der Waals surface area contributed by atoms with Crippen LogP contribution in [0.1, 0.15) is 19.8 Å². The van der Waals surface area contributed by atoms with Gasteiger partial charge in [-0.2, -0.15) is 0 Å².